The molecular formula is C14H15N3O4. The van der Waals surface area contributed by atoms with Gasteiger partial charge in [-0.2, -0.15) is 5.26 Å². The molecule has 2 rings (SSSR count). The van der Waals surface area contributed by atoms with Gasteiger partial charge in [0.2, 0.25) is 0 Å². The number of carbonyl (C=O) groups is 2. The Kier molecular flexibility index (Phi) is 4.40. The second-order valence-electron chi connectivity index (χ2n) is 4.70. The molecule has 0 aromatic heterocycles. The molecule has 21 heavy (non-hydrogen) atoms. The Hall–Kier alpha value is -2.59. The van der Waals surface area contributed by atoms with Gasteiger partial charge in [0.1, 0.15) is 0 Å². The number of carbonyl (C=O) groups excluding carboxylic acids is 1. The zero-order valence-corrected chi connectivity index (χ0v) is 11.5. The van der Waals surface area contributed by atoms with Gasteiger partial charge in [0, 0.05) is 12.2 Å². The van der Waals surface area contributed by atoms with Crippen molar-refractivity contribution in [2.45, 2.75) is 13.0 Å². The van der Waals surface area contributed by atoms with Crippen LogP contribution in [0, 0.1) is 18.3 Å². The van der Waals surface area contributed by atoms with Crippen LogP contribution in [0.15, 0.2) is 18.2 Å². The molecule has 1 aromatic rings. The average Bonchev–Trinajstić information content (AvgIpc) is 2.49. The zero-order chi connectivity index (χ0) is 15.4. The number of aromatic carboxylic acids is 1. The highest BCUT2D eigenvalue weighted by Crippen LogP contribution is 2.16. The first-order valence-electron chi connectivity index (χ1n) is 6.42. The molecule has 1 atom stereocenters. The van der Waals surface area contributed by atoms with Crippen LogP contribution in [-0.2, 0) is 4.74 Å². The third kappa shape index (κ3) is 3.49. The van der Waals surface area contributed by atoms with Crippen molar-refractivity contribution >= 4 is 17.7 Å². The third-order valence-corrected chi connectivity index (χ3v) is 3.22. The van der Waals surface area contributed by atoms with Gasteiger partial charge in [0.05, 0.1) is 24.8 Å². The summed E-state index contributed by atoms with van der Waals surface area (Å²) in [6, 6.07) is 6.28. The van der Waals surface area contributed by atoms with E-state index >= 15 is 0 Å². The first-order valence-corrected chi connectivity index (χ1v) is 6.42. The van der Waals surface area contributed by atoms with Crippen molar-refractivity contribution in [3.63, 3.8) is 0 Å². The number of ether oxygens (including phenoxy) is 1. The second kappa shape index (κ2) is 6.24. The molecule has 2 amide bonds. The molecule has 0 radical (unpaired) electrons. The van der Waals surface area contributed by atoms with Crippen LogP contribution in [0.5, 0.6) is 0 Å². The first kappa shape index (κ1) is 14.8. The number of amides is 2. The molecule has 110 valence electrons. The highest BCUT2D eigenvalue weighted by molar-refractivity contribution is 5.94. The molecule has 7 heteroatoms. The number of benzene rings is 1. The highest BCUT2D eigenvalue weighted by Gasteiger charge is 2.24. The Morgan fingerprint density at radius 2 is 2.29 bits per heavy atom. The summed E-state index contributed by atoms with van der Waals surface area (Å²) in [6.45, 7) is 2.58. The summed E-state index contributed by atoms with van der Waals surface area (Å²) in [5.41, 5.74) is 1.17. The average molecular weight is 289 g/mol. The van der Waals surface area contributed by atoms with E-state index in [-0.39, 0.29) is 18.1 Å². The van der Waals surface area contributed by atoms with Gasteiger partial charge in [-0.15, -0.1) is 0 Å². The molecule has 1 saturated heterocycles. The maximum atomic E-state index is 12.1. The molecule has 1 unspecified atom stereocenters. The molecule has 2 N–H and O–H groups in total. The number of nitrogens with zero attached hydrogens (tertiary/aromatic N) is 2. The molecule has 0 saturated carbocycles. The number of carboxylic acids is 1. The largest absolute Gasteiger partial charge is 0.478 e. The fraction of sp³-hybridized carbons (Fsp3) is 0.357. The van der Waals surface area contributed by atoms with Gasteiger partial charge in [-0.1, -0.05) is 6.07 Å². The summed E-state index contributed by atoms with van der Waals surface area (Å²) in [6.07, 6.45) is -0.628. The Morgan fingerprint density at radius 3 is 2.95 bits per heavy atom. The number of carboxylic acid groups (broad SMARTS) is 1. The lowest BCUT2D eigenvalue weighted by atomic mass is 10.1. The lowest BCUT2D eigenvalue weighted by Gasteiger charge is -2.29. The van der Waals surface area contributed by atoms with Crippen molar-refractivity contribution in [3.8, 4) is 6.07 Å². The molecule has 1 aliphatic rings. The van der Waals surface area contributed by atoms with Crippen LogP contribution in [0.1, 0.15) is 15.9 Å². The number of nitriles is 1. The van der Waals surface area contributed by atoms with Gasteiger partial charge in [0.15, 0.2) is 6.10 Å². The van der Waals surface area contributed by atoms with Gasteiger partial charge in [-0.25, -0.2) is 9.59 Å². The van der Waals surface area contributed by atoms with E-state index in [9.17, 15) is 9.59 Å². The number of hydrogen-bond donors (Lipinski definition) is 2. The van der Waals surface area contributed by atoms with Gasteiger partial charge >= 0.3 is 12.0 Å². The molecule has 0 spiro atoms. The lowest BCUT2D eigenvalue weighted by molar-refractivity contribution is 0.0181. The summed E-state index contributed by atoms with van der Waals surface area (Å²) in [5, 5.41) is 20.5. The molecule has 7 nitrogen and oxygen atoms in total. The minimum atomic E-state index is -1.04. The number of hydrogen-bond acceptors (Lipinski definition) is 4. The van der Waals surface area contributed by atoms with Crippen LogP contribution in [0.25, 0.3) is 0 Å². The van der Waals surface area contributed by atoms with Crippen molar-refractivity contribution in [3.05, 3.63) is 29.3 Å². The van der Waals surface area contributed by atoms with E-state index in [1.807, 2.05) is 6.07 Å². The van der Waals surface area contributed by atoms with Crippen LogP contribution in [0.4, 0.5) is 10.5 Å². The summed E-state index contributed by atoms with van der Waals surface area (Å²) < 4.78 is 5.16. The number of morpholine rings is 1. The van der Waals surface area contributed by atoms with Crippen molar-refractivity contribution in [1.29, 1.82) is 5.26 Å². The van der Waals surface area contributed by atoms with Crippen molar-refractivity contribution < 1.29 is 19.4 Å². The van der Waals surface area contributed by atoms with E-state index in [4.69, 9.17) is 15.1 Å². The normalized spacial score (nSPS) is 17.9. The fourth-order valence-electron chi connectivity index (χ4n) is 2.04. The van der Waals surface area contributed by atoms with Crippen molar-refractivity contribution in [1.82, 2.24) is 4.90 Å². The van der Waals surface area contributed by atoms with Crippen LogP contribution in [-0.4, -0.2) is 47.8 Å². The summed E-state index contributed by atoms with van der Waals surface area (Å²) in [5.74, 6) is -1.04. The number of aryl methyl sites for hydroxylation is 1. The molecule has 0 bridgehead atoms. The minimum Gasteiger partial charge on any atom is -0.478 e. The van der Waals surface area contributed by atoms with Crippen LogP contribution < -0.4 is 5.32 Å². The van der Waals surface area contributed by atoms with Crippen molar-refractivity contribution in [2.24, 2.45) is 0 Å². The maximum absolute atomic E-state index is 12.1. The van der Waals surface area contributed by atoms with Crippen LogP contribution in [0.3, 0.4) is 0 Å². The van der Waals surface area contributed by atoms with E-state index in [2.05, 4.69) is 5.32 Å². The third-order valence-electron chi connectivity index (χ3n) is 3.22. The topological polar surface area (TPSA) is 103 Å². The van der Waals surface area contributed by atoms with E-state index in [0.29, 0.717) is 24.4 Å². The standard InChI is InChI=1S/C14H15N3O4/c1-9-2-3-10(6-12(9)13(18)19)16-14(20)17-4-5-21-11(7-15)8-17/h2-3,6,11H,4-5,8H2,1H3,(H,16,20)(H,18,19). The SMILES string of the molecule is Cc1ccc(NC(=O)N2CCOC(C#N)C2)cc1C(=O)O. The highest BCUT2D eigenvalue weighted by atomic mass is 16.5. The summed E-state index contributed by atoms with van der Waals surface area (Å²) in [4.78, 5) is 24.6. The maximum Gasteiger partial charge on any atom is 0.336 e. The quantitative estimate of drug-likeness (QED) is 0.857. The molecule has 1 aliphatic heterocycles. The minimum absolute atomic E-state index is 0.143. The van der Waals surface area contributed by atoms with Gasteiger partial charge in [0.25, 0.3) is 0 Å². The van der Waals surface area contributed by atoms with E-state index in [1.165, 1.54) is 11.0 Å². The first-order chi connectivity index (χ1) is 10.0. The Balaban J connectivity index is 2.08. The van der Waals surface area contributed by atoms with Gasteiger partial charge < -0.3 is 20.1 Å². The number of rotatable bonds is 2. The molecule has 1 aromatic carbocycles. The van der Waals surface area contributed by atoms with Crippen LogP contribution in [0.2, 0.25) is 0 Å². The number of anilines is 1. The van der Waals surface area contributed by atoms with E-state index < -0.39 is 12.1 Å². The van der Waals surface area contributed by atoms with E-state index in [1.54, 1.807) is 19.1 Å². The molecule has 1 fully saturated rings. The number of urea groups is 1. The molecule has 0 aliphatic carbocycles. The molecular weight excluding hydrogens is 274 g/mol. The van der Waals surface area contributed by atoms with Crippen molar-refractivity contribution in [2.75, 3.05) is 25.0 Å². The fourth-order valence-corrected chi connectivity index (χ4v) is 2.04. The Labute approximate surface area is 121 Å². The lowest BCUT2D eigenvalue weighted by Crippen LogP contribution is -2.46. The molecule has 1 heterocycles. The Bertz CT molecular complexity index is 609. The number of nitrogens with one attached hydrogen (secondary N) is 1. The second-order valence-corrected chi connectivity index (χ2v) is 4.70. The Morgan fingerprint density at radius 1 is 1.52 bits per heavy atom. The predicted octanol–water partition coefficient (Wildman–Crippen LogP) is 1.45. The summed E-state index contributed by atoms with van der Waals surface area (Å²) in [7, 11) is 0. The van der Waals surface area contributed by atoms with Crippen LogP contribution >= 0.6 is 0 Å². The monoisotopic (exact) mass is 289 g/mol. The van der Waals surface area contributed by atoms with E-state index in [0.717, 1.165) is 0 Å². The zero-order valence-electron chi connectivity index (χ0n) is 11.5. The summed E-state index contributed by atoms with van der Waals surface area (Å²) >= 11 is 0. The predicted molar refractivity (Wildman–Crippen MR) is 74.1 cm³/mol. The smallest absolute Gasteiger partial charge is 0.336 e. The van der Waals surface area contributed by atoms with Gasteiger partial charge in [-0.05, 0) is 24.6 Å². The van der Waals surface area contributed by atoms with Gasteiger partial charge in [-0.3, -0.25) is 0 Å².